The number of likely N-dealkylation sites (tertiary alicyclic amines) is 1. The van der Waals surface area contributed by atoms with Crippen LogP contribution in [0.3, 0.4) is 0 Å². The van der Waals surface area contributed by atoms with Crippen molar-refractivity contribution in [3.05, 3.63) is 47.5 Å². The van der Waals surface area contributed by atoms with Crippen molar-refractivity contribution in [2.24, 2.45) is 0 Å². The number of anilines is 3. The first-order valence-electron chi connectivity index (χ1n) is 13.1. The summed E-state index contributed by atoms with van der Waals surface area (Å²) < 4.78 is 31.1. The van der Waals surface area contributed by atoms with Gasteiger partial charge in [-0.1, -0.05) is 11.6 Å². The molecule has 0 aliphatic carbocycles. The summed E-state index contributed by atoms with van der Waals surface area (Å²) in [7, 11) is 0. The second-order valence-corrected chi connectivity index (χ2v) is 11.3. The molecule has 2 aromatic carbocycles. The van der Waals surface area contributed by atoms with E-state index in [4.69, 9.17) is 25.8 Å². The summed E-state index contributed by atoms with van der Waals surface area (Å²) in [4.78, 5) is 23.4. The molecule has 9 nitrogen and oxygen atoms in total. The number of hydrogen-bond donors (Lipinski definition) is 2. The van der Waals surface area contributed by atoms with E-state index in [0.717, 1.165) is 30.3 Å². The zero-order chi connectivity index (χ0) is 27.6. The van der Waals surface area contributed by atoms with E-state index in [1.807, 2.05) is 32.9 Å². The molecule has 1 amide bonds. The number of hydrogen-bond acceptors (Lipinski definition) is 8. The molecule has 1 aromatic heterocycles. The van der Waals surface area contributed by atoms with Gasteiger partial charge in [0.2, 0.25) is 0 Å². The molecule has 2 aliphatic rings. The number of amides is 1. The van der Waals surface area contributed by atoms with Crippen molar-refractivity contribution in [2.75, 3.05) is 36.9 Å². The number of ether oxygens (including phenoxy) is 3. The van der Waals surface area contributed by atoms with Gasteiger partial charge < -0.3 is 29.7 Å². The Labute approximate surface area is 232 Å². The van der Waals surface area contributed by atoms with Gasteiger partial charge in [0.25, 0.3) is 0 Å². The standard InChI is InChI=1S/C28H33ClFN5O4/c1-28(2,3)39-27(36)35-9-4-5-18(14-35)33-24-12-20-23(13-25(24)38-19-8-10-37-15-19)31-16-32-26(20)34-17-6-7-22(30)21(29)11-17/h6-7,11-13,16,18-19,33H,4-5,8-10,14-15H2,1-3H3,(H,31,32,34). The molecule has 2 aliphatic heterocycles. The minimum absolute atomic E-state index is 0.0113. The van der Waals surface area contributed by atoms with Crippen molar-refractivity contribution in [3.8, 4) is 5.75 Å². The lowest BCUT2D eigenvalue weighted by Gasteiger charge is -2.35. The molecule has 0 saturated carbocycles. The molecule has 11 heteroatoms. The van der Waals surface area contributed by atoms with Crippen LogP contribution in [0.2, 0.25) is 5.02 Å². The molecule has 3 aromatic rings. The second-order valence-electron chi connectivity index (χ2n) is 10.9. The maximum Gasteiger partial charge on any atom is 0.410 e. The van der Waals surface area contributed by atoms with Crippen LogP contribution in [0.4, 0.5) is 26.4 Å². The van der Waals surface area contributed by atoms with E-state index in [-0.39, 0.29) is 23.3 Å². The number of carbonyl (C=O) groups excluding carboxylic acids is 1. The fourth-order valence-corrected chi connectivity index (χ4v) is 4.88. The third-order valence-corrected chi connectivity index (χ3v) is 6.82. The summed E-state index contributed by atoms with van der Waals surface area (Å²) in [5.41, 5.74) is 1.48. The van der Waals surface area contributed by atoms with Crippen molar-refractivity contribution >= 4 is 45.8 Å². The first-order chi connectivity index (χ1) is 18.6. The van der Waals surface area contributed by atoms with Gasteiger partial charge in [-0.2, -0.15) is 0 Å². The minimum atomic E-state index is -0.557. The summed E-state index contributed by atoms with van der Waals surface area (Å²) in [6, 6.07) is 8.22. The van der Waals surface area contributed by atoms with Gasteiger partial charge in [-0.15, -0.1) is 0 Å². The SMILES string of the molecule is CC(C)(C)OC(=O)N1CCCC(Nc2cc3c(Nc4ccc(F)c(Cl)c4)ncnc3cc2OC2CCOC2)C1. The maximum absolute atomic E-state index is 13.7. The van der Waals surface area contributed by atoms with Crippen LogP contribution in [0, 0.1) is 5.82 Å². The highest BCUT2D eigenvalue weighted by Gasteiger charge is 2.29. The number of nitrogens with zero attached hydrogens (tertiary/aromatic N) is 3. The smallest absolute Gasteiger partial charge is 0.410 e. The number of carbonyl (C=O) groups is 1. The molecule has 2 saturated heterocycles. The molecule has 0 radical (unpaired) electrons. The van der Waals surface area contributed by atoms with E-state index in [0.29, 0.717) is 49.1 Å². The van der Waals surface area contributed by atoms with Crippen LogP contribution in [0.15, 0.2) is 36.7 Å². The van der Waals surface area contributed by atoms with Crippen LogP contribution in [-0.2, 0) is 9.47 Å². The monoisotopic (exact) mass is 557 g/mol. The summed E-state index contributed by atoms with van der Waals surface area (Å²) in [5.74, 6) is 0.703. The zero-order valence-electron chi connectivity index (χ0n) is 22.3. The molecule has 2 N–H and O–H groups in total. The molecular weight excluding hydrogens is 525 g/mol. The molecule has 0 spiro atoms. The predicted molar refractivity (Wildman–Crippen MR) is 149 cm³/mol. The first-order valence-corrected chi connectivity index (χ1v) is 13.5. The van der Waals surface area contributed by atoms with Gasteiger partial charge >= 0.3 is 6.09 Å². The molecular formula is C28H33ClFN5O4. The molecule has 208 valence electrons. The molecule has 2 fully saturated rings. The highest BCUT2D eigenvalue weighted by molar-refractivity contribution is 6.31. The maximum atomic E-state index is 13.7. The van der Waals surface area contributed by atoms with Crippen LogP contribution in [0.25, 0.3) is 10.9 Å². The minimum Gasteiger partial charge on any atom is -0.486 e. The summed E-state index contributed by atoms with van der Waals surface area (Å²) in [5, 5.41) is 7.58. The third-order valence-electron chi connectivity index (χ3n) is 6.53. The molecule has 2 atom stereocenters. The van der Waals surface area contributed by atoms with E-state index in [2.05, 4.69) is 20.6 Å². The highest BCUT2D eigenvalue weighted by atomic mass is 35.5. The van der Waals surface area contributed by atoms with Crippen molar-refractivity contribution in [1.82, 2.24) is 14.9 Å². The Morgan fingerprint density at radius 1 is 1.21 bits per heavy atom. The van der Waals surface area contributed by atoms with Crippen LogP contribution in [0.1, 0.15) is 40.0 Å². The quantitative estimate of drug-likeness (QED) is 0.373. The van der Waals surface area contributed by atoms with Gasteiger partial charge in [-0.3, -0.25) is 0 Å². The average molecular weight is 558 g/mol. The Balaban J connectivity index is 1.44. The topological polar surface area (TPSA) is 97.8 Å². The van der Waals surface area contributed by atoms with E-state index in [9.17, 15) is 9.18 Å². The number of fused-ring (bicyclic) bond motifs is 1. The number of halogens is 2. The Morgan fingerprint density at radius 3 is 2.79 bits per heavy atom. The Hall–Kier alpha value is -3.37. The summed E-state index contributed by atoms with van der Waals surface area (Å²) in [6.45, 7) is 7.93. The Bertz CT molecular complexity index is 1350. The lowest BCUT2D eigenvalue weighted by molar-refractivity contribution is 0.0206. The number of nitrogens with one attached hydrogen (secondary N) is 2. The van der Waals surface area contributed by atoms with Gasteiger partial charge in [-0.05, 0) is 57.9 Å². The van der Waals surface area contributed by atoms with Crippen LogP contribution >= 0.6 is 11.6 Å². The van der Waals surface area contributed by atoms with Crippen LogP contribution in [0.5, 0.6) is 5.75 Å². The third kappa shape index (κ3) is 6.80. The fourth-order valence-electron chi connectivity index (χ4n) is 4.70. The molecule has 39 heavy (non-hydrogen) atoms. The number of rotatable bonds is 6. The summed E-state index contributed by atoms with van der Waals surface area (Å²) in [6.07, 6.45) is 3.62. The van der Waals surface area contributed by atoms with Gasteiger partial charge in [0.1, 0.15) is 35.4 Å². The van der Waals surface area contributed by atoms with Crippen LogP contribution < -0.4 is 15.4 Å². The second kappa shape index (κ2) is 11.4. The van der Waals surface area contributed by atoms with Gasteiger partial charge in [0, 0.05) is 42.7 Å². The predicted octanol–water partition coefficient (Wildman–Crippen LogP) is 6.15. The van der Waals surface area contributed by atoms with Crippen molar-refractivity contribution in [3.63, 3.8) is 0 Å². The average Bonchev–Trinajstić information content (AvgIpc) is 3.39. The molecule has 0 bridgehead atoms. The van der Waals surface area contributed by atoms with Crippen molar-refractivity contribution in [2.45, 2.75) is 57.8 Å². The lowest BCUT2D eigenvalue weighted by Crippen LogP contribution is -2.47. The van der Waals surface area contributed by atoms with E-state index < -0.39 is 11.4 Å². The Morgan fingerprint density at radius 2 is 2.05 bits per heavy atom. The van der Waals surface area contributed by atoms with Gasteiger partial charge in [-0.25, -0.2) is 19.2 Å². The number of piperidine rings is 1. The number of aromatic nitrogens is 2. The molecule has 2 unspecified atom stereocenters. The fraction of sp³-hybridized carbons (Fsp3) is 0.464. The zero-order valence-corrected chi connectivity index (χ0v) is 23.1. The largest absolute Gasteiger partial charge is 0.486 e. The first kappa shape index (κ1) is 27.2. The van der Waals surface area contributed by atoms with Crippen LogP contribution in [-0.4, -0.2) is 65.0 Å². The van der Waals surface area contributed by atoms with Gasteiger partial charge in [0.15, 0.2) is 0 Å². The van der Waals surface area contributed by atoms with Gasteiger partial charge in [0.05, 0.1) is 29.4 Å². The number of benzene rings is 2. The molecule has 5 rings (SSSR count). The Kier molecular flexibility index (Phi) is 7.95. The lowest BCUT2D eigenvalue weighted by atomic mass is 10.0. The summed E-state index contributed by atoms with van der Waals surface area (Å²) >= 11 is 5.98. The van der Waals surface area contributed by atoms with Crippen molar-refractivity contribution in [1.29, 1.82) is 0 Å². The highest BCUT2D eigenvalue weighted by Crippen LogP contribution is 2.36. The molecule has 3 heterocycles. The normalized spacial score (nSPS) is 19.7. The van der Waals surface area contributed by atoms with Crippen molar-refractivity contribution < 1.29 is 23.4 Å². The van der Waals surface area contributed by atoms with E-state index in [1.165, 1.54) is 18.5 Å². The van der Waals surface area contributed by atoms with E-state index >= 15 is 0 Å². The van der Waals surface area contributed by atoms with E-state index in [1.54, 1.807) is 11.0 Å².